The smallest absolute Gasteiger partial charge is 0.334 e. The van der Waals surface area contributed by atoms with Crippen molar-refractivity contribution in [2.24, 2.45) is 7.05 Å². The minimum absolute atomic E-state index is 0.0253. The van der Waals surface area contributed by atoms with Gasteiger partial charge in [-0.25, -0.2) is 13.8 Å². The molecule has 2 heterocycles. The molecule has 0 spiro atoms. The highest BCUT2D eigenvalue weighted by atomic mass is 35.5. The van der Waals surface area contributed by atoms with Gasteiger partial charge in [-0.2, -0.15) is 18.2 Å². The number of alkyl halides is 3. The Labute approximate surface area is 205 Å². The van der Waals surface area contributed by atoms with Gasteiger partial charge in [0.25, 0.3) is 5.89 Å². The van der Waals surface area contributed by atoms with Gasteiger partial charge in [0, 0.05) is 46.1 Å². The third kappa shape index (κ3) is 4.47. The van der Waals surface area contributed by atoms with Gasteiger partial charge >= 0.3 is 6.18 Å². The fraction of sp³-hybridized carbons (Fsp3) is 0.0800. The average molecular weight is 517 g/mol. The van der Waals surface area contributed by atoms with Crippen molar-refractivity contribution < 1.29 is 26.5 Å². The predicted octanol–water partition coefficient (Wildman–Crippen LogP) is 7.42. The van der Waals surface area contributed by atoms with Gasteiger partial charge in [0.15, 0.2) is 5.69 Å². The molecule has 0 amide bonds. The lowest BCUT2D eigenvalue weighted by atomic mass is 9.99. The van der Waals surface area contributed by atoms with Crippen molar-refractivity contribution in [3.8, 4) is 45.4 Å². The van der Waals surface area contributed by atoms with Crippen LogP contribution in [0, 0.1) is 11.6 Å². The van der Waals surface area contributed by atoms with Crippen molar-refractivity contribution >= 4 is 11.6 Å². The van der Waals surface area contributed by atoms with Crippen LogP contribution in [-0.4, -0.2) is 19.7 Å². The van der Waals surface area contributed by atoms with E-state index in [1.807, 2.05) is 0 Å². The standard InChI is InChI=1S/C25H14ClF5N4O/c1-35-12-21(25(29,30)31)32-23(35)14-4-2-13(3-5-14)22-33-24(36-34-22)18-9-7-16(27)11-19(18)17-8-6-15(26)10-20(17)28/h2-12H,1H3. The molecule has 0 unspecified atom stereocenters. The summed E-state index contributed by atoms with van der Waals surface area (Å²) in [4.78, 5) is 8.03. The fourth-order valence-electron chi connectivity index (χ4n) is 3.72. The number of benzene rings is 3. The van der Waals surface area contributed by atoms with E-state index in [2.05, 4.69) is 15.1 Å². The number of rotatable bonds is 4. The van der Waals surface area contributed by atoms with E-state index in [9.17, 15) is 22.0 Å². The molecular weight excluding hydrogens is 503 g/mol. The average Bonchev–Trinajstić information content (AvgIpc) is 3.46. The maximum Gasteiger partial charge on any atom is 0.434 e. The molecule has 0 aliphatic rings. The molecule has 0 radical (unpaired) electrons. The molecule has 0 bridgehead atoms. The molecular formula is C25H14ClF5N4O. The zero-order valence-electron chi connectivity index (χ0n) is 18.3. The Balaban J connectivity index is 1.48. The predicted molar refractivity (Wildman–Crippen MR) is 123 cm³/mol. The minimum atomic E-state index is -4.55. The molecule has 0 atom stereocenters. The molecule has 182 valence electrons. The first-order valence-corrected chi connectivity index (χ1v) is 10.8. The summed E-state index contributed by atoms with van der Waals surface area (Å²) >= 11 is 5.83. The van der Waals surface area contributed by atoms with E-state index in [4.69, 9.17) is 16.1 Å². The maximum atomic E-state index is 14.6. The van der Waals surface area contributed by atoms with Crippen molar-refractivity contribution in [1.29, 1.82) is 0 Å². The number of imidazole rings is 1. The molecule has 5 nitrogen and oxygen atoms in total. The van der Waals surface area contributed by atoms with Gasteiger partial charge in [-0.15, -0.1) is 0 Å². The van der Waals surface area contributed by atoms with Gasteiger partial charge in [0.1, 0.15) is 17.5 Å². The fourth-order valence-corrected chi connectivity index (χ4v) is 3.88. The second kappa shape index (κ2) is 8.87. The van der Waals surface area contributed by atoms with E-state index < -0.39 is 23.5 Å². The number of hydrogen-bond donors (Lipinski definition) is 0. The Morgan fingerprint density at radius 3 is 2.19 bits per heavy atom. The van der Waals surface area contributed by atoms with Crippen LogP contribution in [0.1, 0.15) is 5.69 Å². The van der Waals surface area contributed by atoms with Gasteiger partial charge in [-0.1, -0.05) is 41.0 Å². The van der Waals surface area contributed by atoms with Crippen LogP contribution in [-0.2, 0) is 13.2 Å². The molecule has 5 rings (SSSR count). The topological polar surface area (TPSA) is 56.7 Å². The van der Waals surface area contributed by atoms with E-state index in [0.29, 0.717) is 16.7 Å². The van der Waals surface area contributed by atoms with Gasteiger partial charge in [-0.05, 0) is 36.4 Å². The number of hydrogen-bond acceptors (Lipinski definition) is 4. The quantitative estimate of drug-likeness (QED) is 0.233. The SMILES string of the molecule is Cn1cc(C(F)(F)F)nc1-c1ccc(-c2noc(-c3ccc(F)cc3-c3ccc(Cl)cc3F)n2)cc1. The summed E-state index contributed by atoms with van der Waals surface area (Å²) in [5.74, 6) is -0.880. The molecule has 2 aromatic heterocycles. The van der Waals surface area contributed by atoms with Crippen molar-refractivity contribution in [3.05, 3.63) is 89.2 Å². The van der Waals surface area contributed by atoms with Gasteiger partial charge in [0.05, 0.1) is 0 Å². The molecule has 0 saturated heterocycles. The highest BCUT2D eigenvalue weighted by Gasteiger charge is 2.34. The number of halogens is 6. The summed E-state index contributed by atoms with van der Waals surface area (Å²) < 4.78 is 74.2. The van der Waals surface area contributed by atoms with Crippen LogP contribution >= 0.6 is 11.6 Å². The lowest BCUT2D eigenvalue weighted by Crippen LogP contribution is -2.04. The van der Waals surface area contributed by atoms with Crippen LogP contribution < -0.4 is 0 Å². The third-order valence-corrected chi connectivity index (χ3v) is 5.66. The molecule has 0 aliphatic carbocycles. The van der Waals surface area contributed by atoms with Crippen LogP contribution in [0.15, 0.2) is 71.4 Å². The summed E-state index contributed by atoms with van der Waals surface area (Å²) in [6.45, 7) is 0. The first kappa shape index (κ1) is 23.7. The van der Waals surface area contributed by atoms with Gasteiger partial charge < -0.3 is 9.09 Å². The summed E-state index contributed by atoms with van der Waals surface area (Å²) in [6, 6.07) is 14.1. The molecule has 0 N–H and O–H groups in total. The Kier molecular flexibility index (Phi) is 5.83. The molecule has 3 aromatic carbocycles. The third-order valence-electron chi connectivity index (χ3n) is 5.43. The van der Waals surface area contributed by atoms with Crippen LogP contribution in [0.5, 0.6) is 0 Å². The minimum Gasteiger partial charge on any atom is -0.334 e. The first-order valence-electron chi connectivity index (χ1n) is 10.4. The lowest BCUT2D eigenvalue weighted by molar-refractivity contribution is -0.140. The maximum absolute atomic E-state index is 14.6. The lowest BCUT2D eigenvalue weighted by Gasteiger charge is -2.08. The molecule has 0 aliphatic heterocycles. The Morgan fingerprint density at radius 2 is 1.53 bits per heavy atom. The van der Waals surface area contributed by atoms with E-state index in [1.165, 1.54) is 35.9 Å². The monoisotopic (exact) mass is 516 g/mol. The van der Waals surface area contributed by atoms with Crippen molar-refractivity contribution in [2.45, 2.75) is 6.18 Å². The molecule has 0 saturated carbocycles. The summed E-state index contributed by atoms with van der Waals surface area (Å²) in [5, 5.41) is 4.14. The Hall–Kier alpha value is -4.05. The van der Waals surface area contributed by atoms with Gasteiger partial charge in [-0.3, -0.25) is 0 Å². The molecule has 36 heavy (non-hydrogen) atoms. The molecule has 11 heteroatoms. The molecule has 0 fully saturated rings. The zero-order valence-corrected chi connectivity index (χ0v) is 19.1. The Morgan fingerprint density at radius 1 is 0.833 bits per heavy atom. The molecule has 5 aromatic rings. The first-order chi connectivity index (χ1) is 17.1. The normalized spacial score (nSPS) is 11.8. The van der Waals surface area contributed by atoms with Crippen LogP contribution in [0.3, 0.4) is 0 Å². The van der Waals surface area contributed by atoms with Crippen molar-refractivity contribution in [3.63, 3.8) is 0 Å². The Bertz CT molecular complexity index is 1570. The zero-order chi connectivity index (χ0) is 25.6. The number of aromatic nitrogens is 4. The highest BCUT2D eigenvalue weighted by molar-refractivity contribution is 6.30. The van der Waals surface area contributed by atoms with E-state index in [1.54, 1.807) is 24.3 Å². The van der Waals surface area contributed by atoms with E-state index in [0.717, 1.165) is 18.3 Å². The second-order valence-corrected chi connectivity index (χ2v) is 8.31. The second-order valence-electron chi connectivity index (χ2n) is 7.87. The number of nitrogens with zero attached hydrogens (tertiary/aromatic N) is 4. The largest absolute Gasteiger partial charge is 0.434 e. The van der Waals surface area contributed by atoms with Gasteiger partial charge in [0.2, 0.25) is 5.82 Å². The van der Waals surface area contributed by atoms with E-state index in [-0.39, 0.29) is 33.7 Å². The van der Waals surface area contributed by atoms with E-state index >= 15 is 0 Å². The van der Waals surface area contributed by atoms with Crippen LogP contribution in [0.2, 0.25) is 5.02 Å². The van der Waals surface area contributed by atoms with Crippen molar-refractivity contribution in [2.75, 3.05) is 0 Å². The summed E-state index contributed by atoms with van der Waals surface area (Å²) in [7, 11) is 1.47. The summed E-state index contributed by atoms with van der Waals surface area (Å²) in [5.41, 5.74) is 0.593. The van der Waals surface area contributed by atoms with Crippen LogP contribution in [0.4, 0.5) is 22.0 Å². The highest BCUT2D eigenvalue weighted by Crippen LogP contribution is 2.36. The van der Waals surface area contributed by atoms with Crippen molar-refractivity contribution in [1.82, 2.24) is 19.7 Å². The summed E-state index contributed by atoms with van der Waals surface area (Å²) in [6.07, 6.45) is -3.64. The number of aryl methyl sites for hydroxylation is 1. The van der Waals surface area contributed by atoms with Crippen LogP contribution in [0.25, 0.3) is 45.4 Å².